The molecule has 2 atom stereocenters. The van der Waals surface area contributed by atoms with Crippen molar-refractivity contribution < 1.29 is 29.2 Å². The maximum atomic E-state index is 14.0. The molecule has 4 aromatic rings. The minimum Gasteiger partial charge on any atom is -0.480 e. The van der Waals surface area contributed by atoms with Gasteiger partial charge in [0.15, 0.2) is 0 Å². The molecule has 0 aromatic heterocycles. The van der Waals surface area contributed by atoms with E-state index in [0.717, 1.165) is 16.7 Å². The highest BCUT2D eigenvalue weighted by Crippen LogP contribution is 2.42. The van der Waals surface area contributed by atoms with Crippen molar-refractivity contribution in [1.29, 1.82) is 0 Å². The number of nitro benzene ring substituents is 1. The highest BCUT2D eigenvalue weighted by Gasteiger charge is 2.40. The van der Waals surface area contributed by atoms with E-state index in [1.165, 1.54) is 24.3 Å². The molecule has 9 heteroatoms. The Labute approximate surface area is 249 Å². The van der Waals surface area contributed by atoms with Gasteiger partial charge in [-0.15, -0.1) is 0 Å². The number of carboxylic acid groups (broad SMARTS) is 1. The van der Waals surface area contributed by atoms with Crippen LogP contribution in [0.2, 0.25) is 0 Å². The monoisotopic (exact) mass is 580 g/mol. The zero-order chi connectivity index (χ0) is 30.8. The fourth-order valence-corrected chi connectivity index (χ4v) is 5.44. The van der Waals surface area contributed by atoms with Crippen molar-refractivity contribution in [3.05, 3.63) is 148 Å². The molecule has 0 saturated carbocycles. The van der Waals surface area contributed by atoms with Crippen LogP contribution in [0.1, 0.15) is 47.9 Å². The number of rotatable bonds is 13. The van der Waals surface area contributed by atoms with Crippen LogP contribution in [0.5, 0.6) is 0 Å². The molecule has 0 aliphatic rings. The number of nitro groups is 1. The third-order valence-electron chi connectivity index (χ3n) is 7.43. The summed E-state index contributed by atoms with van der Waals surface area (Å²) in [5, 5.41) is 24.2. The van der Waals surface area contributed by atoms with Crippen LogP contribution in [-0.4, -0.2) is 40.5 Å². The van der Waals surface area contributed by atoms with E-state index in [4.69, 9.17) is 4.74 Å². The second kappa shape index (κ2) is 14.0. The fraction of sp³-hybridized carbons (Fsp3) is 0.206. The molecule has 0 unspecified atom stereocenters. The summed E-state index contributed by atoms with van der Waals surface area (Å²) in [4.78, 5) is 49.9. The number of carboxylic acids is 1. The number of carbonyl (C=O) groups is 3. The molecule has 2 N–H and O–H groups in total. The van der Waals surface area contributed by atoms with Crippen molar-refractivity contribution in [2.24, 2.45) is 0 Å². The number of hydrogen-bond donors (Lipinski definition) is 2. The van der Waals surface area contributed by atoms with E-state index in [9.17, 15) is 29.6 Å². The first kappa shape index (κ1) is 30.6. The first-order chi connectivity index (χ1) is 20.8. The van der Waals surface area contributed by atoms with Gasteiger partial charge in [-0.3, -0.25) is 19.7 Å². The van der Waals surface area contributed by atoms with Gasteiger partial charge >= 0.3 is 11.9 Å². The van der Waals surface area contributed by atoms with Crippen LogP contribution >= 0.6 is 0 Å². The summed E-state index contributed by atoms with van der Waals surface area (Å²) >= 11 is 0. The summed E-state index contributed by atoms with van der Waals surface area (Å²) in [6.45, 7) is 1.72. The largest absolute Gasteiger partial charge is 0.480 e. The summed E-state index contributed by atoms with van der Waals surface area (Å²) < 4.78 is 5.09. The molecule has 0 fully saturated rings. The zero-order valence-corrected chi connectivity index (χ0v) is 23.6. The topological polar surface area (TPSA) is 136 Å². The Bertz CT molecular complexity index is 1450. The van der Waals surface area contributed by atoms with Crippen molar-refractivity contribution in [3.8, 4) is 0 Å². The van der Waals surface area contributed by atoms with Gasteiger partial charge in [0.1, 0.15) is 6.04 Å². The molecule has 0 heterocycles. The Morgan fingerprint density at radius 1 is 0.814 bits per heavy atom. The minimum atomic E-state index is -1.53. The molecule has 4 aromatic carbocycles. The highest BCUT2D eigenvalue weighted by molar-refractivity contribution is 5.87. The van der Waals surface area contributed by atoms with Gasteiger partial charge in [-0.05, 0) is 29.2 Å². The molecule has 0 bridgehead atoms. The lowest BCUT2D eigenvalue weighted by Crippen LogP contribution is -2.48. The normalized spacial score (nSPS) is 12.5. The van der Waals surface area contributed by atoms with Crippen LogP contribution < -0.4 is 5.32 Å². The molecule has 0 aliphatic carbocycles. The number of amides is 1. The van der Waals surface area contributed by atoms with Crippen molar-refractivity contribution in [1.82, 2.24) is 5.32 Å². The average Bonchev–Trinajstić information content (AvgIpc) is 3.03. The van der Waals surface area contributed by atoms with Gasteiger partial charge in [0.05, 0.1) is 23.4 Å². The van der Waals surface area contributed by atoms with E-state index in [0.29, 0.717) is 5.56 Å². The molecule has 9 nitrogen and oxygen atoms in total. The maximum absolute atomic E-state index is 14.0. The van der Waals surface area contributed by atoms with Crippen LogP contribution in [0.4, 0.5) is 5.69 Å². The van der Waals surface area contributed by atoms with Crippen molar-refractivity contribution in [2.75, 3.05) is 6.61 Å². The minimum absolute atomic E-state index is 0.0870. The first-order valence-electron chi connectivity index (χ1n) is 13.8. The van der Waals surface area contributed by atoms with Gasteiger partial charge in [-0.2, -0.15) is 0 Å². The van der Waals surface area contributed by atoms with Crippen LogP contribution in [-0.2, 0) is 24.5 Å². The predicted octanol–water partition coefficient (Wildman–Crippen LogP) is 5.63. The van der Waals surface area contributed by atoms with Gasteiger partial charge < -0.3 is 15.2 Å². The van der Waals surface area contributed by atoms with Crippen molar-refractivity contribution in [2.45, 2.75) is 37.1 Å². The van der Waals surface area contributed by atoms with Crippen molar-refractivity contribution >= 4 is 23.5 Å². The van der Waals surface area contributed by atoms with E-state index in [2.05, 4.69) is 5.32 Å². The Kier molecular flexibility index (Phi) is 10.0. The summed E-state index contributed by atoms with van der Waals surface area (Å²) in [6, 6.07) is 32.3. The molecule has 4 rings (SSSR count). The average molecular weight is 581 g/mol. The van der Waals surface area contributed by atoms with E-state index < -0.39 is 40.1 Å². The van der Waals surface area contributed by atoms with Gasteiger partial charge in [0.25, 0.3) is 5.69 Å². The number of carbonyl (C=O) groups excluding carboxylic acids is 2. The summed E-state index contributed by atoms with van der Waals surface area (Å²) in [7, 11) is 0. The molecule has 0 aliphatic heterocycles. The lowest BCUT2D eigenvalue weighted by molar-refractivity contribution is -0.384. The number of nitrogens with one attached hydrogen (secondary N) is 1. The van der Waals surface area contributed by atoms with Gasteiger partial charge in [-0.25, -0.2) is 4.79 Å². The van der Waals surface area contributed by atoms with Crippen molar-refractivity contribution in [3.63, 3.8) is 0 Å². The Morgan fingerprint density at radius 2 is 1.28 bits per heavy atom. The second-order valence-electron chi connectivity index (χ2n) is 10.0. The zero-order valence-electron chi connectivity index (χ0n) is 23.6. The first-order valence-corrected chi connectivity index (χ1v) is 13.8. The molecule has 0 saturated heterocycles. The van der Waals surface area contributed by atoms with E-state index in [1.54, 1.807) is 6.92 Å². The molecule has 0 spiro atoms. The van der Waals surface area contributed by atoms with Crippen LogP contribution in [0.15, 0.2) is 115 Å². The third kappa shape index (κ3) is 7.13. The van der Waals surface area contributed by atoms with Crippen LogP contribution in [0, 0.1) is 10.1 Å². The predicted molar refractivity (Wildman–Crippen MR) is 160 cm³/mol. The Hall–Kier alpha value is -5.31. The van der Waals surface area contributed by atoms with Gasteiger partial charge in [0.2, 0.25) is 5.91 Å². The van der Waals surface area contributed by atoms with Crippen LogP contribution in [0.3, 0.4) is 0 Å². The summed E-state index contributed by atoms with van der Waals surface area (Å²) in [6.07, 6.45) is -0.495. The molecular formula is C34H32N2O7. The third-order valence-corrected chi connectivity index (χ3v) is 7.43. The van der Waals surface area contributed by atoms with E-state index >= 15 is 0 Å². The van der Waals surface area contributed by atoms with Gasteiger partial charge in [-0.1, -0.05) is 103 Å². The number of ether oxygens (including phenoxy) is 1. The number of benzene rings is 4. The highest BCUT2D eigenvalue weighted by atomic mass is 16.6. The fourth-order valence-electron chi connectivity index (χ4n) is 5.44. The molecule has 220 valence electrons. The van der Waals surface area contributed by atoms with E-state index in [1.807, 2.05) is 91.0 Å². The maximum Gasteiger partial charge on any atom is 0.326 e. The Morgan fingerprint density at radius 3 is 1.67 bits per heavy atom. The quantitative estimate of drug-likeness (QED) is 0.0906. The SMILES string of the molecule is CCOC(=O)C[C@H](c1ccc([N+](=O)[O-])cc1)[C@@H](NC(=O)CC(c1ccccc1)(c1ccccc1)c1ccccc1)C(=O)O. The number of esters is 1. The van der Waals surface area contributed by atoms with Gasteiger partial charge in [0, 0.05) is 24.5 Å². The second-order valence-corrected chi connectivity index (χ2v) is 10.0. The number of hydrogen-bond acceptors (Lipinski definition) is 6. The number of nitrogens with zero attached hydrogens (tertiary/aromatic N) is 1. The standard InChI is InChI=1S/C34H32N2O7/c1-2-43-31(38)22-29(24-18-20-28(21-19-24)36(41)42)32(33(39)40)35-30(37)23-34(25-12-6-3-7-13-25,26-14-8-4-9-15-26)27-16-10-5-11-17-27/h3-21,29,32H,2,22-23H2,1H3,(H,35,37)(H,39,40)/t29-,32-/m1/s1. The van der Waals surface area contributed by atoms with Crippen LogP contribution in [0.25, 0.3) is 0 Å². The molecule has 1 amide bonds. The summed E-state index contributed by atoms with van der Waals surface area (Å²) in [5.41, 5.74) is 1.70. The summed E-state index contributed by atoms with van der Waals surface area (Å²) in [5.74, 6) is -3.62. The smallest absolute Gasteiger partial charge is 0.326 e. The number of aliphatic carboxylic acids is 1. The van der Waals surface area contributed by atoms with E-state index in [-0.39, 0.29) is 25.1 Å². The molecule has 43 heavy (non-hydrogen) atoms. The molecule has 0 radical (unpaired) electrons. The lowest BCUT2D eigenvalue weighted by Gasteiger charge is -2.36. The number of non-ortho nitro benzene ring substituents is 1. The Balaban J connectivity index is 1.77. The lowest BCUT2D eigenvalue weighted by atomic mass is 9.67. The molecular weight excluding hydrogens is 548 g/mol.